The number of hydrogen-bond acceptors (Lipinski definition) is 7. The van der Waals surface area contributed by atoms with Gasteiger partial charge in [0.15, 0.2) is 5.60 Å². The van der Waals surface area contributed by atoms with Gasteiger partial charge in [-0.3, -0.25) is 14.5 Å². The van der Waals surface area contributed by atoms with E-state index < -0.39 is 5.60 Å². The molecule has 1 aromatic carbocycles. The fourth-order valence-electron chi connectivity index (χ4n) is 4.14. The summed E-state index contributed by atoms with van der Waals surface area (Å²) in [7, 11) is 0. The predicted molar refractivity (Wildman–Crippen MR) is 126 cm³/mol. The second kappa shape index (κ2) is 8.96. The third-order valence-corrected chi connectivity index (χ3v) is 6.54. The van der Waals surface area contributed by atoms with Gasteiger partial charge in [-0.1, -0.05) is 23.2 Å². The molecule has 172 valence electrons. The summed E-state index contributed by atoms with van der Waals surface area (Å²) in [6.07, 6.45) is 5.82. The van der Waals surface area contributed by atoms with Gasteiger partial charge in [0.1, 0.15) is 6.17 Å². The number of carbonyl (C=O) groups is 1. The maximum absolute atomic E-state index is 12.6. The van der Waals surface area contributed by atoms with Crippen LogP contribution in [0.2, 0.25) is 10.0 Å². The highest BCUT2D eigenvalue weighted by Gasteiger charge is 2.36. The highest BCUT2D eigenvalue weighted by Crippen LogP contribution is 2.35. The Hall–Kier alpha value is -2.23. The summed E-state index contributed by atoms with van der Waals surface area (Å²) in [6.45, 7) is 6.69. The highest BCUT2D eigenvalue weighted by atomic mass is 35.5. The third-order valence-electron chi connectivity index (χ3n) is 5.99. The molecule has 8 nitrogen and oxygen atoms in total. The van der Waals surface area contributed by atoms with E-state index in [0.29, 0.717) is 35.4 Å². The molecule has 0 saturated carbocycles. The molecule has 1 atom stereocenters. The van der Waals surface area contributed by atoms with Crippen LogP contribution >= 0.6 is 23.2 Å². The summed E-state index contributed by atoms with van der Waals surface area (Å²) < 4.78 is 0. The molecule has 1 amide bonds. The van der Waals surface area contributed by atoms with Gasteiger partial charge in [0.05, 0.1) is 16.4 Å². The second-order valence-corrected chi connectivity index (χ2v) is 9.47. The van der Waals surface area contributed by atoms with Crippen LogP contribution in [0.1, 0.15) is 19.4 Å². The van der Waals surface area contributed by atoms with Crippen molar-refractivity contribution in [1.82, 2.24) is 20.0 Å². The van der Waals surface area contributed by atoms with E-state index in [0.717, 1.165) is 30.0 Å². The summed E-state index contributed by atoms with van der Waals surface area (Å²) in [6, 6.07) is 5.50. The van der Waals surface area contributed by atoms with Gasteiger partial charge in [-0.15, -0.1) is 0 Å². The lowest BCUT2D eigenvalue weighted by Crippen LogP contribution is -2.55. The maximum Gasteiger partial charge on any atom is 0.256 e. The van der Waals surface area contributed by atoms with Gasteiger partial charge < -0.3 is 20.9 Å². The average molecular weight is 479 g/mol. The van der Waals surface area contributed by atoms with Crippen molar-refractivity contribution in [2.24, 2.45) is 11.6 Å². The first kappa shape index (κ1) is 22.9. The average Bonchev–Trinajstić information content (AvgIpc) is 3.11. The van der Waals surface area contributed by atoms with Crippen LogP contribution in [0.15, 0.2) is 47.9 Å². The lowest BCUT2D eigenvalue weighted by atomic mass is 10.1. The topological polar surface area (TPSA) is 100 Å². The number of nitrogens with two attached hydrogens (primary N) is 2. The zero-order chi connectivity index (χ0) is 23.0. The van der Waals surface area contributed by atoms with Crippen molar-refractivity contribution in [3.8, 4) is 0 Å². The molecule has 5 N–H and O–H groups in total. The zero-order valence-corrected chi connectivity index (χ0v) is 19.7. The Balaban J connectivity index is 1.56. The molecule has 0 aromatic heterocycles. The lowest BCUT2D eigenvalue weighted by molar-refractivity contribution is -0.156. The van der Waals surface area contributed by atoms with Crippen LogP contribution < -0.4 is 16.9 Å². The second-order valence-electron chi connectivity index (χ2n) is 8.63. The molecule has 0 bridgehead atoms. The van der Waals surface area contributed by atoms with E-state index in [1.807, 2.05) is 30.5 Å². The van der Waals surface area contributed by atoms with E-state index in [1.54, 1.807) is 24.8 Å². The van der Waals surface area contributed by atoms with E-state index in [9.17, 15) is 4.79 Å². The van der Waals surface area contributed by atoms with Crippen molar-refractivity contribution in [2.45, 2.75) is 25.6 Å². The van der Waals surface area contributed by atoms with Gasteiger partial charge in [-0.2, -0.15) is 0 Å². The third kappa shape index (κ3) is 4.46. The number of nitrogens with zero attached hydrogens (tertiary/aromatic N) is 3. The van der Waals surface area contributed by atoms with E-state index >= 15 is 0 Å². The normalized spacial score (nSPS) is 21.5. The molecule has 0 aliphatic carbocycles. The Morgan fingerprint density at radius 2 is 1.97 bits per heavy atom. The zero-order valence-electron chi connectivity index (χ0n) is 18.1. The Morgan fingerprint density at radius 1 is 1.25 bits per heavy atom. The lowest BCUT2D eigenvalue weighted by Gasteiger charge is -2.38. The van der Waals surface area contributed by atoms with Crippen LogP contribution in [0, 0.1) is 0 Å². The maximum atomic E-state index is 12.6. The van der Waals surface area contributed by atoms with Crippen LogP contribution in [0.25, 0.3) is 5.70 Å². The van der Waals surface area contributed by atoms with Gasteiger partial charge >= 0.3 is 0 Å². The molecular weight excluding hydrogens is 451 g/mol. The minimum Gasteiger partial charge on any atom is -0.398 e. The number of rotatable bonds is 5. The summed E-state index contributed by atoms with van der Waals surface area (Å²) in [5.74, 6) is 5.19. The first-order chi connectivity index (χ1) is 15.2. The highest BCUT2D eigenvalue weighted by molar-refractivity contribution is 6.35. The first-order valence-electron chi connectivity index (χ1n) is 10.5. The van der Waals surface area contributed by atoms with Crippen LogP contribution in [0.3, 0.4) is 0 Å². The largest absolute Gasteiger partial charge is 0.398 e. The van der Waals surface area contributed by atoms with Crippen LogP contribution in [0.5, 0.6) is 0 Å². The number of carbonyl (C=O) groups excluding carboxylic acids is 1. The fourth-order valence-corrected chi connectivity index (χ4v) is 4.64. The van der Waals surface area contributed by atoms with E-state index in [4.69, 9.17) is 39.7 Å². The number of amides is 1. The number of piperazine rings is 1. The van der Waals surface area contributed by atoms with E-state index in [-0.39, 0.29) is 12.1 Å². The molecular formula is C22H28Cl2N6O2. The Bertz CT molecular complexity index is 998. The number of fused-ring (bicyclic) bond motifs is 1. The van der Waals surface area contributed by atoms with Crippen molar-refractivity contribution in [2.75, 3.05) is 32.7 Å². The molecule has 3 aliphatic heterocycles. The molecule has 3 heterocycles. The minimum absolute atomic E-state index is 0.0376. The Kier molecular flexibility index (Phi) is 6.42. The summed E-state index contributed by atoms with van der Waals surface area (Å²) >= 11 is 12.7. The SMILES string of the molecule is CC(C)(ON)C(=O)N1CCN(CC2=C(c3ccc(Cl)cc3Cl)NC3C=CC(N)=CN23)CC1. The Labute approximate surface area is 198 Å². The number of hydrogen-bond donors (Lipinski definition) is 3. The van der Waals surface area contributed by atoms with Crippen molar-refractivity contribution >= 4 is 34.8 Å². The van der Waals surface area contributed by atoms with Crippen molar-refractivity contribution in [3.05, 3.63) is 63.6 Å². The molecule has 1 aromatic rings. The summed E-state index contributed by atoms with van der Waals surface area (Å²) in [5, 5.41) is 4.72. The standard InChI is InChI=1S/C22H28Cl2N6O2/c1-22(2,32-26)21(31)29-9-7-28(8-10-29)13-18-20(16-5-3-14(23)11-17(16)24)27-19-6-4-15(25)12-30(18)19/h3-6,11-12,19,27H,7-10,13,25-26H2,1-2H3. The molecule has 1 saturated heterocycles. The molecule has 3 aliphatic rings. The number of halogens is 2. The monoisotopic (exact) mass is 478 g/mol. The Morgan fingerprint density at radius 3 is 2.62 bits per heavy atom. The molecule has 1 fully saturated rings. The smallest absolute Gasteiger partial charge is 0.256 e. The van der Waals surface area contributed by atoms with Crippen LogP contribution in [-0.2, 0) is 9.63 Å². The van der Waals surface area contributed by atoms with Gasteiger partial charge in [0, 0.05) is 55.2 Å². The first-order valence-corrected chi connectivity index (χ1v) is 11.2. The van der Waals surface area contributed by atoms with Gasteiger partial charge in [0.2, 0.25) is 0 Å². The van der Waals surface area contributed by atoms with Crippen molar-refractivity contribution < 1.29 is 9.63 Å². The van der Waals surface area contributed by atoms with Crippen LogP contribution in [-0.4, -0.2) is 65.1 Å². The predicted octanol–water partition coefficient (Wildman–Crippen LogP) is 2.08. The number of benzene rings is 1. The fraction of sp³-hybridized carbons (Fsp3) is 0.409. The molecule has 0 radical (unpaired) electrons. The number of nitrogens with one attached hydrogen (secondary N) is 1. The molecule has 0 spiro atoms. The van der Waals surface area contributed by atoms with Gasteiger partial charge in [0.25, 0.3) is 5.91 Å². The van der Waals surface area contributed by atoms with Crippen LogP contribution in [0.4, 0.5) is 0 Å². The van der Waals surface area contributed by atoms with Crippen molar-refractivity contribution in [1.29, 1.82) is 0 Å². The van der Waals surface area contributed by atoms with Crippen molar-refractivity contribution in [3.63, 3.8) is 0 Å². The van der Waals surface area contributed by atoms with Gasteiger partial charge in [-0.25, -0.2) is 5.90 Å². The van der Waals surface area contributed by atoms with E-state index in [2.05, 4.69) is 15.1 Å². The quantitative estimate of drug-likeness (QED) is 0.556. The summed E-state index contributed by atoms with van der Waals surface area (Å²) in [4.78, 5) is 23.8. The summed E-state index contributed by atoms with van der Waals surface area (Å²) in [5.41, 5.74) is 8.63. The number of allylic oxidation sites excluding steroid dienone is 1. The minimum atomic E-state index is -1.03. The molecule has 32 heavy (non-hydrogen) atoms. The molecule has 4 rings (SSSR count). The van der Waals surface area contributed by atoms with Gasteiger partial charge in [-0.05, 0) is 44.2 Å². The molecule has 10 heteroatoms. The molecule has 1 unspecified atom stereocenters. The van der Waals surface area contributed by atoms with E-state index in [1.165, 1.54) is 0 Å².